The van der Waals surface area contributed by atoms with E-state index in [0.717, 1.165) is 5.56 Å². The smallest absolute Gasteiger partial charge is 0.228 e. The minimum atomic E-state index is -0.437. The molecule has 0 unspecified atom stereocenters. The minimum absolute atomic E-state index is 0.0645. The van der Waals surface area contributed by atoms with Gasteiger partial charge < -0.3 is 16.4 Å². The average Bonchev–Trinajstić information content (AvgIpc) is 2.67. The molecule has 0 bridgehead atoms. The van der Waals surface area contributed by atoms with E-state index in [-0.39, 0.29) is 5.91 Å². The Kier molecular flexibility index (Phi) is 2.99. The summed E-state index contributed by atoms with van der Waals surface area (Å²) in [6.07, 6.45) is 0.325. The Bertz CT molecular complexity index is 698. The highest BCUT2D eigenvalue weighted by Gasteiger charge is 2.19. The Labute approximate surface area is 119 Å². The van der Waals surface area contributed by atoms with Crippen LogP contribution in [0.25, 0.3) is 0 Å². The Morgan fingerprint density at radius 2 is 2.05 bits per heavy atom. The van der Waals surface area contributed by atoms with E-state index in [4.69, 9.17) is 17.3 Å². The van der Waals surface area contributed by atoms with E-state index in [1.165, 1.54) is 12.1 Å². The molecule has 4 N–H and O–H groups in total. The molecule has 0 spiro atoms. The Morgan fingerprint density at radius 1 is 1.25 bits per heavy atom. The third-order valence-electron chi connectivity index (χ3n) is 3.04. The second-order valence-electron chi connectivity index (χ2n) is 4.60. The van der Waals surface area contributed by atoms with Crippen LogP contribution in [-0.4, -0.2) is 5.91 Å². The molecule has 20 heavy (non-hydrogen) atoms. The number of carbonyl (C=O) groups is 1. The standard InChI is InChI=1S/C14H11ClFN3O/c15-8-3-9(16)5-10(4-8)18-13-6-12-7(1-11(13)17)2-14(20)19-12/h1,3-6,18H,2,17H2,(H,19,20). The topological polar surface area (TPSA) is 67.2 Å². The molecular weight excluding hydrogens is 281 g/mol. The molecule has 1 aliphatic heterocycles. The maximum Gasteiger partial charge on any atom is 0.228 e. The lowest BCUT2D eigenvalue weighted by molar-refractivity contribution is -0.115. The highest BCUT2D eigenvalue weighted by Crippen LogP contribution is 2.33. The fourth-order valence-corrected chi connectivity index (χ4v) is 2.41. The molecule has 2 aromatic rings. The van der Waals surface area contributed by atoms with Crippen LogP contribution in [0.2, 0.25) is 5.02 Å². The van der Waals surface area contributed by atoms with Crippen LogP contribution in [0.1, 0.15) is 5.56 Å². The Balaban J connectivity index is 1.95. The van der Waals surface area contributed by atoms with Crippen LogP contribution in [0.3, 0.4) is 0 Å². The van der Waals surface area contributed by atoms with Gasteiger partial charge >= 0.3 is 0 Å². The first kappa shape index (κ1) is 12.7. The molecule has 0 aliphatic carbocycles. The van der Waals surface area contributed by atoms with Gasteiger partial charge in [-0.1, -0.05) is 11.6 Å². The van der Waals surface area contributed by atoms with Crippen LogP contribution >= 0.6 is 11.6 Å². The van der Waals surface area contributed by atoms with E-state index in [2.05, 4.69) is 10.6 Å². The van der Waals surface area contributed by atoms with Crippen molar-refractivity contribution in [1.82, 2.24) is 0 Å². The van der Waals surface area contributed by atoms with E-state index >= 15 is 0 Å². The highest BCUT2D eigenvalue weighted by molar-refractivity contribution is 6.30. The molecule has 0 saturated carbocycles. The lowest BCUT2D eigenvalue weighted by Gasteiger charge is -2.12. The van der Waals surface area contributed by atoms with Crippen LogP contribution < -0.4 is 16.4 Å². The molecule has 1 amide bonds. The summed E-state index contributed by atoms with van der Waals surface area (Å²) in [5.41, 5.74) is 9.08. The zero-order valence-electron chi connectivity index (χ0n) is 10.3. The average molecular weight is 292 g/mol. The van der Waals surface area contributed by atoms with Crippen LogP contribution in [0.4, 0.5) is 27.1 Å². The first-order valence-electron chi connectivity index (χ1n) is 5.96. The molecular formula is C14H11ClFN3O. The summed E-state index contributed by atoms with van der Waals surface area (Å²) in [7, 11) is 0. The van der Waals surface area contributed by atoms with Crippen molar-refractivity contribution >= 4 is 40.3 Å². The van der Waals surface area contributed by atoms with Gasteiger partial charge in [-0.3, -0.25) is 4.79 Å². The molecule has 1 aliphatic rings. The van der Waals surface area contributed by atoms with Gasteiger partial charge in [0.15, 0.2) is 0 Å². The number of amides is 1. The highest BCUT2D eigenvalue weighted by atomic mass is 35.5. The number of nitrogens with one attached hydrogen (secondary N) is 2. The SMILES string of the molecule is Nc1cc2c(cc1Nc1cc(F)cc(Cl)c1)NC(=O)C2. The van der Waals surface area contributed by atoms with Gasteiger partial charge in [0.05, 0.1) is 17.8 Å². The minimum Gasteiger partial charge on any atom is -0.397 e. The zero-order valence-corrected chi connectivity index (χ0v) is 11.1. The molecule has 3 rings (SSSR count). The number of carbonyl (C=O) groups excluding carboxylic acids is 1. The lowest BCUT2D eigenvalue weighted by Crippen LogP contribution is -2.03. The van der Waals surface area contributed by atoms with Gasteiger partial charge in [-0.25, -0.2) is 4.39 Å². The van der Waals surface area contributed by atoms with Crippen LogP contribution in [0, 0.1) is 5.82 Å². The summed E-state index contributed by atoms with van der Waals surface area (Å²) in [5.74, 6) is -0.501. The van der Waals surface area contributed by atoms with Crippen molar-refractivity contribution < 1.29 is 9.18 Å². The summed E-state index contributed by atoms with van der Waals surface area (Å²) in [5, 5.41) is 6.03. The van der Waals surface area contributed by atoms with Crippen molar-refractivity contribution in [1.29, 1.82) is 0 Å². The number of fused-ring (bicyclic) bond motifs is 1. The number of benzene rings is 2. The first-order valence-corrected chi connectivity index (χ1v) is 6.34. The lowest BCUT2D eigenvalue weighted by atomic mass is 10.1. The van der Waals surface area contributed by atoms with E-state index in [9.17, 15) is 9.18 Å². The van der Waals surface area contributed by atoms with Crippen molar-refractivity contribution in [2.45, 2.75) is 6.42 Å². The predicted octanol–water partition coefficient (Wildman–Crippen LogP) is 3.30. The van der Waals surface area contributed by atoms with Crippen LogP contribution in [-0.2, 0) is 11.2 Å². The molecule has 4 nitrogen and oxygen atoms in total. The van der Waals surface area contributed by atoms with Crippen molar-refractivity contribution in [3.8, 4) is 0 Å². The van der Waals surface area contributed by atoms with Crippen molar-refractivity contribution in [2.75, 3.05) is 16.4 Å². The summed E-state index contributed by atoms with van der Waals surface area (Å²) < 4.78 is 13.3. The molecule has 102 valence electrons. The van der Waals surface area contributed by atoms with E-state index in [1.807, 2.05) is 0 Å². The van der Waals surface area contributed by atoms with Crippen LogP contribution in [0.5, 0.6) is 0 Å². The number of nitrogens with two attached hydrogens (primary N) is 1. The van der Waals surface area contributed by atoms with Gasteiger partial charge in [0.2, 0.25) is 5.91 Å². The summed E-state index contributed by atoms with van der Waals surface area (Å²) in [6, 6.07) is 7.59. The molecule has 0 radical (unpaired) electrons. The number of halogens is 2. The molecule has 0 fully saturated rings. The normalized spacial score (nSPS) is 13.0. The maximum absolute atomic E-state index is 13.3. The molecule has 0 atom stereocenters. The van der Waals surface area contributed by atoms with Crippen molar-refractivity contribution in [3.63, 3.8) is 0 Å². The third-order valence-corrected chi connectivity index (χ3v) is 3.26. The van der Waals surface area contributed by atoms with Gasteiger partial charge in [-0.2, -0.15) is 0 Å². The maximum atomic E-state index is 13.3. The second kappa shape index (κ2) is 4.68. The van der Waals surface area contributed by atoms with Gasteiger partial charge in [0, 0.05) is 16.4 Å². The zero-order chi connectivity index (χ0) is 14.3. The van der Waals surface area contributed by atoms with Gasteiger partial charge in [0.25, 0.3) is 0 Å². The number of hydrogen-bond acceptors (Lipinski definition) is 3. The van der Waals surface area contributed by atoms with Gasteiger partial charge in [-0.15, -0.1) is 0 Å². The number of hydrogen-bond donors (Lipinski definition) is 3. The van der Waals surface area contributed by atoms with E-state index in [0.29, 0.717) is 34.2 Å². The fourth-order valence-electron chi connectivity index (χ4n) is 2.18. The Hall–Kier alpha value is -2.27. The number of nitrogen functional groups attached to an aromatic ring is 1. The molecule has 1 heterocycles. The van der Waals surface area contributed by atoms with Crippen molar-refractivity contribution in [3.05, 3.63) is 46.7 Å². The predicted molar refractivity (Wildman–Crippen MR) is 77.9 cm³/mol. The van der Waals surface area contributed by atoms with Gasteiger partial charge in [0.1, 0.15) is 5.82 Å². The largest absolute Gasteiger partial charge is 0.397 e. The second-order valence-corrected chi connectivity index (χ2v) is 5.04. The molecule has 0 saturated heterocycles. The van der Waals surface area contributed by atoms with Crippen molar-refractivity contribution in [2.24, 2.45) is 0 Å². The molecule has 6 heteroatoms. The molecule has 0 aromatic heterocycles. The van der Waals surface area contributed by atoms with Gasteiger partial charge in [-0.05, 0) is 35.9 Å². The summed E-state index contributed by atoms with van der Waals surface area (Å²) in [4.78, 5) is 11.3. The third kappa shape index (κ3) is 2.40. The first-order chi connectivity index (χ1) is 9.51. The Morgan fingerprint density at radius 3 is 2.80 bits per heavy atom. The molecule has 2 aromatic carbocycles. The summed E-state index contributed by atoms with van der Waals surface area (Å²) in [6.45, 7) is 0. The quantitative estimate of drug-likeness (QED) is 0.744. The van der Waals surface area contributed by atoms with E-state index in [1.54, 1.807) is 18.2 Å². The number of anilines is 4. The summed E-state index contributed by atoms with van der Waals surface area (Å²) >= 11 is 5.80. The van der Waals surface area contributed by atoms with E-state index < -0.39 is 5.82 Å². The van der Waals surface area contributed by atoms with Crippen LogP contribution in [0.15, 0.2) is 30.3 Å². The monoisotopic (exact) mass is 291 g/mol. The fraction of sp³-hybridized carbons (Fsp3) is 0.0714. The number of rotatable bonds is 2.